The Morgan fingerprint density at radius 1 is 1.30 bits per heavy atom. The molecule has 20 heavy (non-hydrogen) atoms. The van der Waals surface area contributed by atoms with Crippen molar-refractivity contribution in [2.24, 2.45) is 0 Å². The first kappa shape index (κ1) is 14.1. The van der Waals surface area contributed by atoms with E-state index in [-0.39, 0.29) is 0 Å². The van der Waals surface area contributed by atoms with Crippen LogP contribution in [0.1, 0.15) is 26.5 Å². The zero-order chi connectivity index (χ0) is 14.8. The number of nitrogens with zero attached hydrogens (tertiary/aromatic N) is 1. The van der Waals surface area contributed by atoms with Gasteiger partial charge in [0.15, 0.2) is 5.76 Å². The highest BCUT2D eigenvalue weighted by molar-refractivity contribution is 5.85. The molecule has 2 aromatic rings. The highest BCUT2D eigenvalue weighted by Crippen LogP contribution is 2.22. The van der Waals surface area contributed by atoms with Gasteiger partial charge in [-0.15, -0.1) is 0 Å². The molecular weight excluding hydrogens is 256 g/mol. The minimum atomic E-state index is -0.530. The lowest BCUT2D eigenvalue weighted by molar-refractivity contribution is 0.0636. The normalized spacial score (nSPS) is 11.2. The van der Waals surface area contributed by atoms with Crippen molar-refractivity contribution in [3.8, 4) is 11.5 Å². The molecule has 0 aliphatic rings. The molecule has 0 unspecified atom stereocenters. The smallest absolute Gasteiger partial charge is 0.412 e. The van der Waals surface area contributed by atoms with Gasteiger partial charge in [0.05, 0.1) is 0 Å². The van der Waals surface area contributed by atoms with Gasteiger partial charge in [0.25, 0.3) is 0 Å². The first-order chi connectivity index (χ1) is 9.33. The van der Waals surface area contributed by atoms with Crippen LogP contribution in [0.2, 0.25) is 0 Å². The maximum atomic E-state index is 11.7. The molecule has 0 fully saturated rings. The molecule has 5 heteroatoms. The Labute approximate surface area is 118 Å². The summed E-state index contributed by atoms with van der Waals surface area (Å²) in [7, 11) is 0. The molecule has 0 bridgehead atoms. The molecule has 0 atom stereocenters. The Balaban J connectivity index is 2.12. The topological polar surface area (TPSA) is 64.4 Å². The summed E-state index contributed by atoms with van der Waals surface area (Å²) in [4.78, 5) is 15.9. The van der Waals surface area contributed by atoms with Gasteiger partial charge >= 0.3 is 6.09 Å². The van der Waals surface area contributed by atoms with Crippen LogP contribution in [0.15, 0.2) is 34.9 Å². The third kappa shape index (κ3) is 3.85. The van der Waals surface area contributed by atoms with Gasteiger partial charge in [-0.1, -0.05) is 0 Å². The predicted molar refractivity (Wildman–Crippen MR) is 76.5 cm³/mol. The molecule has 0 aliphatic heterocycles. The lowest BCUT2D eigenvalue weighted by Crippen LogP contribution is -2.27. The zero-order valence-corrected chi connectivity index (χ0v) is 12.1. The average molecular weight is 274 g/mol. The Bertz CT molecular complexity index is 612. The third-order valence-electron chi connectivity index (χ3n) is 2.40. The largest absolute Gasteiger partial charge is 0.460 e. The summed E-state index contributed by atoms with van der Waals surface area (Å²) < 4.78 is 10.7. The molecule has 0 aromatic carbocycles. The van der Waals surface area contributed by atoms with Crippen molar-refractivity contribution >= 4 is 11.8 Å². The Hall–Kier alpha value is -2.30. The molecule has 5 nitrogen and oxygen atoms in total. The Morgan fingerprint density at radius 2 is 2.05 bits per heavy atom. The van der Waals surface area contributed by atoms with Crippen molar-refractivity contribution in [1.82, 2.24) is 4.98 Å². The summed E-state index contributed by atoms with van der Waals surface area (Å²) in [6, 6.07) is 7.14. The van der Waals surface area contributed by atoms with Crippen molar-refractivity contribution in [2.75, 3.05) is 5.32 Å². The molecular formula is C15H18N2O3. The Morgan fingerprint density at radius 3 is 2.65 bits per heavy atom. The fraction of sp³-hybridized carbons (Fsp3) is 0.333. The zero-order valence-electron chi connectivity index (χ0n) is 12.1. The van der Waals surface area contributed by atoms with E-state index in [2.05, 4.69) is 10.3 Å². The number of ether oxygens (including phenoxy) is 1. The Kier molecular flexibility index (Phi) is 3.79. The van der Waals surface area contributed by atoms with Crippen molar-refractivity contribution in [3.05, 3.63) is 36.2 Å². The van der Waals surface area contributed by atoms with Gasteiger partial charge in [-0.25, -0.2) is 4.79 Å². The first-order valence-corrected chi connectivity index (χ1v) is 6.36. The number of carbonyl (C=O) groups excluding carboxylic acids is 1. The quantitative estimate of drug-likeness (QED) is 0.899. The lowest BCUT2D eigenvalue weighted by atomic mass is 10.2. The number of rotatable bonds is 2. The monoisotopic (exact) mass is 274 g/mol. The molecule has 1 N–H and O–H groups in total. The number of amides is 1. The second-order valence-corrected chi connectivity index (χ2v) is 5.47. The van der Waals surface area contributed by atoms with Crippen LogP contribution in [-0.2, 0) is 4.74 Å². The third-order valence-corrected chi connectivity index (χ3v) is 2.40. The summed E-state index contributed by atoms with van der Waals surface area (Å²) >= 11 is 0. The van der Waals surface area contributed by atoms with Gasteiger partial charge in [-0.2, -0.15) is 0 Å². The molecule has 2 rings (SSSR count). The number of hydrogen-bond acceptors (Lipinski definition) is 4. The summed E-state index contributed by atoms with van der Waals surface area (Å²) in [5.74, 6) is 1.47. The number of carbonyl (C=O) groups is 1. The summed E-state index contributed by atoms with van der Waals surface area (Å²) in [6.07, 6.45) is 1.12. The van der Waals surface area contributed by atoms with Gasteiger partial charge in [0.2, 0.25) is 0 Å². The van der Waals surface area contributed by atoms with E-state index in [9.17, 15) is 4.79 Å². The molecule has 1 amide bonds. The van der Waals surface area contributed by atoms with Gasteiger partial charge in [0.1, 0.15) is 17.1 Å². The van der Waals surface area contributed by atoms with Crippen LogP contribution in [0, 0.1) is 6.92 Å². The van der Waals surface area contributed by atoms with Crippen LogP contribution in [0.3, 0.4) is 0 Å². The number of aryl methyl sites for hydroxylation is 1. The number of nitrogens with one attached hydrogen (secondary N) is 1. The van der Waals surface area contributed by atoms with Crippen LogP contribution in [-0.4, -0.2) is 16.7 Å². The SMILES string of the molecule is Cc1ccc(-c2cc(NC(=O)OC(C)(C)C)ccn2)o1. The van der Waals surface area contributed by atoms with Crippen LogP contribution in [0.4, 0.5) is 10.5 Å². The standard InChI is InChI=1S/C15H18N2O3/c1-10-5-6-13(19-10)12-9-11(7-8-16-12)17-14(18)20-15(2,3)4/h5-9H,1-4H3,(H,16,17,18). The lowest BCUT2D eigenvalue weighted by Gasteiger charge is -2.19. The molecule has 0 saturated carbocycles. The van der Waals surface area contributed by atoms with E-state index in [4.69, 9.17) is 9.15 Å². The molecule has 0 spiro atoms. The van der Waals surface area contributed by atoms with Crippen molar-refractivity contribution in [2.45, 2.75) is 33.3 Å². The molecule has 0 saturated heterocycles. The van der Waals surface area contributed by atoms with E-state index in [0.29, 0.717) is 17.1 Å². The second kappa shape index (κ2) is 5.36. The van der Waals surface area contributed by atoms with Gasteiger partial charge < -0.3 is 9.15 Å². The van der Waals surface area contributed by atoms with E-state index in [0.717, 1.165) is 5.76 Å². The number of hydrogen-bond donors (Lipinski definition) is 1. The number of aromatic nitrogens is 1. The van der Waals surface area contributed by atoms with E-state index in [1.165, 1.54) is 0 Å². The highest BCUT2D eigenvalue weighted by Gasteiger charge is 2.16. The van der Waals surface area contributed by atoms with E-state index in [1.54, 1.807) is 18.3 Å². The summed E-state index contributed by atoms with van der Waals surface area (Å²) in [5, 5.41) is 2.67. The van der Waals surface area contributed by atoms with Crippen molar-refractivity contribution in [3.63, 3.8) is 0 Å². The first-order valence-electron chi connectivity index (χ1n) is 6.36. The van der Waals surface area contributed by atoms with Gasteiger partial charge in [-0.05, 0) is 52.0 Å². The second-order valence-electron chi connectivity index (χ2n) is 5.47. The number of furan rings is 1. The maximum Gasteiger partial charge on any atom is 0.412 e. The fourth-order valence-corrected chi connectivity index (χ4v) is 1.64. The van der Waals surface area contributed by atoms with E-state index >= 15 is 0 Å². The molecule has 2 heterocycles. The molecule has 106 valence electrons. The van der Waals surface area contributed by atoms with E-state index < -0.39 is 11.7 Å². The van der Waals surface area contributed by atoms with Crippen molar-refractivity contribution in [1.29, 1.82) is 0 Å². The average Bonchev–Trinajstić information content (AvgIpc) is 2.73. The minimum absolute atomic E-state index is 0.495. The van der Waals surface area contributed by atoms with Gasteiger partial charge in [0, 0.05) is 11.9 Å². The van der Waals surface area contributed by atoms with Crippen molar-refractivity contribution < 1.29 is 13.9 Å². The van der Waals surface area contributed by atoms with Crippen LogP contribution < -0.4 is 5.32 Å². The molecule has 0 radical (unpaired) electrons. The molecule has 2 aromatic heterocycles. The predicted octanol–water partition coefficient (Wildman–Crippen LogP) is 4.00. The summed E-state index contributed by atoms with van der Waals surface area (Å²) in [5.41, 5.74) is 0.739. The summed E-state index contributed by atoms with van der Waals surface area (Å²) in [6.45, 7) is 7.31. The van der Waals surface area contributed by atoms with Crippen LogP contribution in [0.25, 0.3) is 11.5 Å². The van der Waals surface area contributed by atoms with Crippen LogP contribution in [0.5, 0.6) is 0 Å². The maximum absolute atomic E-state index is 11.7. The van der Waals surface area contributed by atoms with Crippen LogP contribution >= 0.6 is 0 Å². The fourth-order valence-electron chi connectivity index (χ4n) is 1.64. The number of anilines is 1. The molecule has 0 aliphatic carbocycles. The highest BCUT2D eigenvalue weighted by atomic mass is 16.6. The number of pyridine rings is 1. The van der Waals surface area contributed by atoms with E-state index in [1.807, 2.05) is 39.8 Å². The minimum Gasteiger partial charge on any atom is -0.460 e. The van der Waals surface area contributed by atoms with Gasteiger partial charge in [-0.3, -0.25) is 10.3 Å².